The molecular formula is C25H27NO6S. The minimum Gasteiger partial charge on any atom is -0.507 e. The summed E-state index contributed by atoms with van der Waals surface area (Å²) in [5.74, 6) is 1.09. The zero-order chi connectivity index (χ0) is 23.9. The summed E-state index contributed by atoms with van der Waals surface area (Å²) >= 11 is 1.01. The Balaban J connectivity index is 1.38. The highest BCUT2D eigenvalue weighted by molar-refractivity contribution is 8.15. The number of ether oxygens (including phenoxy) is 2. The highest BCUT2D eigenvalue weighted by atomic mass is 32.2. The van der Waals surface area contributed by atoms with Gasteiger partial charge >= 0.3 is 0 Å². The van der Waals surface area contributed by atoms with Gasteiger partial charge in [-0.2, -0.15) is 0 Å². The number of carbonyl (C=O) groups is 3. The summed E-state index contributed by atoms with van der Waals surface area (Å²) in [7, 11) is 0. The van der Waals surface area contributed by atoms with E-state index in [2.05, 4.69) is 5.32 Å². The molecule has 2 heterocycles. The topological polar surface area (TPSA) is 102 Å². The van der Waals surface area contributed by atoms with Crippen molar-refractivity contribution in [2.75, 3.05) is 6.61 Å². The Kier molecular flexibility index (Phi) is 6.14. The molecule has 0 spiro atoms. The summed E-state index contributed by atoms with van der Waals surface area (Å²) in [4.78, 5) is 35.9. The number of benzene rings is 2. The van der Waals surface area contributed by atoms with Crippen molar-refractivity contribution in [3.63, 3.8) is 0 Å². The Morgan fingerprint density at radius 3 is 2.45 bits per heavy atom. The number of hydrogen-bond acceptors (Lipinski definition) is 7. The van der Waals surface area contributed by atoms with Gasteiger partial charge in [0, 0.05) is 12.0 Å². The van der Waals surface area contributed by atoms with Gasteiger partial charge in [0.1, 0.15) is 22.8 Å². The molecule has 33 heavy (non-hydrogen) atoms. The molecular weight excluding hydrogens is 442 g/mol. The van der Waals surface area contributed by atoms with E-state index < -0.39 is 10.9 Å². The number of imide groups is 1. The molecule has 8 heteroatoms. The van der Waals surface area contributed by atoms with Crippen LogP contribution >= 0.6 is 11.8 Å². The molecule has 0 saturated carbocycles. The summed E-state index contributed by atoms with van der Waals surface area (Å²) < 4.78 is 12.2. The third-order valence-electron chi connectivity index (χ3n) is 6.39. The van der Waals surface area contributed by atoms with Crippen LogP contribution in [-0.2, 0) is 11.2 Å². The van der Waals surface area contributed by atoms with E-state index in [0.29, 0.717) is 42.1 Å². The number of amides is 2. The fourth-order valence-electron chi connectivity index (χ4n) is 4.27. The monoisotopic (exact) mass is 469 g/mol. The van der Waals surface area contributed by atoms with E-state index in [1.54, 1.807) is 6.92 Å². The molecule has 2 aromatic rings. The number of fused-ring (bicyclic) bond motifs is 1. The van der Waals surface area contributed by atoms with Crippen molar-refractivity contribution in [1.82, 2.24) is 5.32 Å². The van der Waals surface area contributed by atoms with Gasteiger partial charge in [0.2, 0.25) is 5.91 Å². The summed E-state index contributed by atoms with van der Waals surface area (Å²) in [5, 5.41) is 11.9. The fourth-order valence-corrected chi connectivity index (χ4v) is 5.13. The molecule has 1 saturated heterocycles. The number of hydrogen-bond donors (Lipinski definition) is 2. The second-order valence-corrected chi connectivity index (χ2v) is 10.1. The van der Waals surface area contributed by atoms with Crippen molar-refractivity contribution in [2.24, 2.45) is 0 Å². The highest BCUT2D eigenvalue weighted by Gasteiger charge is 2.39. The zero-order valence-electron chi connectivity index (χ0n) is 19.1. The zero-order valence-corrected chi connectivity index (χ0v) is 19.9. The summed E-state index contributed by atoms with van der Waals surface area (Å²) in [5.41, 5.74) is 2.77. The van der Waals surface area contributed by atoms with E-state index in [9.17, 15) is 19.5 Å². The molecule has 2 amide bonds. The maximum Gasteiger partial charge on any atom is 0.286 e. The first-order valence-corrected chi connectivity index (χ1v) is 11.7. The van der Waals surface area contributed by atoms with E-state index in [-0.39, 0.29) is 29.1 Å². The fraction of sp³-hybridized carbons (Fsp3) is 0.400. The van der Waals surface area contributed by atoms with Gasteiger partial charge in [-0.1, -0.05) is 23.9 Å². The van der Waals surface area contributed by atoms with Crippen LogP contribution in [0.1, 0.15) is 52.4 Å². The van der Waals surface area contributed by atoms with Gasteiger partial charge in [0.25, 0.3) is 5.24 Å². The third kappa shape index (κ3) is 4.57. The van der Waals surface area contributed by atoms with Crippen LogP contribution in [0.3, 0.4) is 0 Å². The van der Waals surface area contributed by atoms with E-state index in [1.807, 2.05) is 45.0 Å². The Labute approximate surface area is 196 Å². The SMILES string of the molecule is Cc1c(C)c2c(c(C)c1O)C(=O)CC(C)(CCOc1ccc(CC3SC(=O)NC3=O)cc1)O2. The van der Waals surface area contributed by atoms with Crippen molar-refractivity contribution in [3.8, 4) is 17.2 Å². The lowest BCUT2D eigenvalue weighted by molar-refractivity contribution is -0.118. The molecule has 2 aliphatic heterocycles. The van der Waals surface area contributed by atoms with Crippen LogP contribution in [0.4, 0.5) is 4.79 Å². The maximum atomic E-state index is 12.9. The summed E-state index contributed by atoms with van der Waals surface area (Å²) in [6, 6.07) is 7.43. The van der Waals surface area contributed by atoms with Crippen molar-refractivity contribution >= 4 is 28.7 Å². The second kappa shape index (κ2) is 8.74. The number of nitrogens with one attached hydrogen (secondary N) is 1. The lowest BCUT2D eigenvalue weighted by Gasteiger charge is -2.37. The normalized spacial score (nSPS) is 22.1. The minimum absolute atomic E-state index is 0.0358. The predicted octanol–water partition coefficient (Wildman–Crippen LogP) is 4.40. The minimum atomic E-state index is -0.704. The van der Waals surface area contributed by atoms with Crippen LogP contribution < -0.4 is 14.8 Å². The lowest BCUT2D eigenvalue weighted by atomic mass is 9.85. The van der Waals surface area contributed by atoms with Crippen LogP contribution in [0.25, 0.3) is 0 Å². The predicted molar refractivity (Wildman–Crippen MR) is 125 cm³/mol. The molecule has 2 aliphatic rings. The summed E-state index contributed by atoms with van der Waals surface area (Å²) in [6.07, 6.45) is 1.20. The quantitative estimate of drug-likeness (QED) is 0.646. The second-order valence-electron chi connectivity index (χ2n) is 8.91. The first-order chi connectivity index (χ1) is 15.6. The van der Waals surface area contributed by atoms with Gasteiger partial charge in [0.05, 0.1) is 23.8 Å². The Bertz CT molecular complexity index is 1140. The molecule has 0 aliphatic carbocycles. The van der Waals surface area contributed by atoms with Gasteiger partial charge in [0.15, 0.2) is 5.78 Å². The Morgan fingerprint density at radius 2 is 1.82 bits per heavy atom. The number of phenols is 1. The number of ketones is 1. The van der Waals surface area contributed by atoms with Crippen LogP contribution in [-0.4, -0.2) is 39.5 Å². The Hall–Kier alpha value is -3.00. The molecule has 2 atom stereocenters. The lowest BCUT2D eigenvalue weighted by Crippen LogP contribution is -2.41. The molecule has 174 valence electrons. The van der Waals surface area contributed by atoms with Crippen molar-refractivity contribution < 1.29 is 29.0 Å². The van der Waals surface area contributed by atoms with Gasteiger partial charge < -0.3 is 14.6 Å². The average molecular weight is 470 g/mol. The summed E-state index contributed by atoms with van der Waals surface area (Å²) in [6.45, 7) is 7.69. The molecule has 0 radical (unpaired) electrons. The smallest absolute Gasteiger partial charge is 0.286 e. The molecule has 2 N–H and O–H groups in total. The van der Waals surface area contributed by atoms with Gasteiger partial charge in [-0.15, -0.1) is 0 Å². The first kappa shape index (κ1) is 23.2. The Morgan fingerprint density at radius 1 is 1.12 bits per heavy atom. The number of aromatic hydroxyl groups is 1. The van der Waals surface area contributed by atoms with Crippen molar-refractivity contribution in [1.29, 1.82) is 0 Å². The number of thioether (sulfide) groups is 1. The number of phenolic OH excluding ortho intramolecular Hbond substituents is 1. The van der Waals surface area contributed by atoms with Gasteiger partial charge in [-0.25, -0.2) is 0 Å². The highest BCUT2D eigenvalue weighted by Crippen LogP contribution is 2.44. The number of Topliss-reactive ketones (excluding diaryl/α,β-unsaturated/α-hetero) is 1. The third-order valence-corrected chi connectivity index (χ3v) is 7.37. The number of carbonyl (C=O) groups excluding carboxylic acids is 3. The molecule has 0 bridgehead atoms. The molecule has 4 rings (SSSR count). The molecule has 1 fully saturated rings. The first-order valence-electron chi connectivity index (χ1n) is 10.9. The molecule has 7 nitrogen and oxygen atoms in total. The molecule has 2 aromatic carbocycles. The molecule has 2 unspecified atom stereocenters. The van der Waals surface area contributed by atoms with Gasteiger partial charge in [-0.3, -0.25) is 19.7 Å². The van der Waals surface area contributed by atoms with Crippen molar-refractivity contribution in [3.05, 3.63) is 52.1 Å². The van der Waals surface area contributed by atoms with Crippen LogP contribution in [0.5, 0.6) is 17.2 Å². The average Bonchev–Trinajstić information content (AvgIpc) is 3.08. The van der Waals surface area contributed by atoms with E-state index in [4.69, 9.17) is 9.47 Å². The molecule has 0 aromatic heterocycles. The van der Waals surface area contributed by atoms with Crippen molar-refractivity contribution in [2.45, 2.75) is 57.8 Å². The largest absolute Gasteiger partial charge is 0.507 e. The van der Waals surface area contributed by atoms with E-state index >= 15 is 0 Å². The van der Waals surface area contributed by atoms with Crippen LogP contribution in [0.15, 0.2) is 24.3 Å². The van der Waals surface area contributed by atoms with Gasteiger partial charge in [-0.05, 0) is 62.9 Å². The maximum absolute atomic E-state index is 12.9. The van der Waals surface area contributed by atoms with E-state index in [0.717, 1.165) is 28.5 Å². The van der Waals surface area contributed by atoms with E-state index in [1.165, 1.54) is 0 Å². The van der Waals surface area contributed by atoms with Crippen LogP contribution in [0, 0.1) is 20.8 Å². The standard InChI is InChI=1S/C25H27NO6S/c1-13-14(2)22-20(15(3)21(13)28)18(27)12-25(4,32-22)9-10-31-17-7-5-16(6-8-17)11-19-23(29)26-24(30)33-19/h5-8,19,28H,9-12H2,1-4H3,(H,26,29,30). The van der Waals surface area contributed by atoms with Crippen LogP contribution in [0.2, 0.25) is 0 Å². The number of rotatable bonds is 6.